The number of nitrogens with one attached hydrogen (secondary N) is 1. The number of ether oxygens (including phenoxy) is 2. The lowest BCUT2D eigenvalue weighted by Gasteiger charge is -2.14. The Balaban J connectivity index is 2.22. The van der Waals surface area contributed by atoms with Crippen LogP contribution in [0.1, 0.15) is 12.8 Å². The summed E-state index contributed by atoms with van der Waals surface area (Å²) >= 11 is 3.22. The predicted molar refractivity (Wildman–Crippen MR) is 81.2 cm³/mol. The molecule has 1 unspecified atom stereocenters. The summed E-state index contributed by atoms with van der Waals surface area (Å²) in [6, 6.07) is 2.92. The molecule has 21 heavy (non-hydrogen) atoms. The van der Waals surface area contributed by atoms with Gasteiger partial charge in [-0.05, 0) is 40.8 Å². The molecule has 0 bridgehead atoms. The zero-order valence-corrected chi connectivity index (χ0v) is 14.2. The number of methoxy groups -OCH3 is 2. The van der Waals surface area contributed by atoms with Crippen molar-refractivity contribution in [1.29, 1.82) is 0 Å². The molecule has 0 heterocycles. The minimum atomic E-state index is -3.74. The molecule has 1 atom stereocenters. The van der Waals surface area contributed by atoms with Gasteiger partial charge < -0.3 is 14.6 Å². The fourth-order valence-electron chi connectivity index (χ4n) is 1.96. The van der Waals surface area contributed by atoms with Gasteiger partial charge in [0.15, 0.2) is 11.5 Å². The molecular weight excluding hydrogens is 362 g/mol. The fraction of sp³-hybridized carbons (Fsp3) is 0.538. The summed E-state index contributed by atoms with van der Waals surface area (Å²) in [5, 5.41) is 9.77. The van der Waals surface area contributed by atoms with E-state index >= 15 is 0 Å². The predicted octanol–water partition coefficient (Wildman–Crippen LogP) is 1.52. The smallest absolute Gasteiger partial charge is 0.241 e. The van der Waals surface area contributed by atoms with Crippen molar-refractivity contribution in [2.45, 2.75) is 23.8 Å². The third-order valence-corrected chi connectivity index (χ3v) is 5.76. The zero-order valence-electron chi connectivity index (χ0n) is 11.8. The number of halogens is 1. The molecule has 0 aliphatic heterocycles. The molecular formula is C13H18BrNO5S. The lowest BCUT2D eigenvalue weighted by molar-refractivity contribution is 0.155. The van der Waals surface area contributed by atoms with E-state index in [-0.39, 0.29) is 17.4 Å². The molecule has 0 spiro atoms. The van der Waals surface area contributed by atoms with Crippen LogP contribution in [0.4, 0.5) is 0 Å². The van der Waals surface area contributed by atoms with E-state index in [4.69, 9.17) is 9.47 Å². The number of benzene rings is 1. The van der Waals surface area contributed by atoms with Crippen LogP contribution in [-0.4, -0.2) is 40.4 Å². The number of aliphatic hydroxyl groups excluding tert-OH is 1. The van der Waals surface area contributed by atoms with E-state index in [2.05, 4.69) is 20.7 Å². The third kappa shape index (κ3) is 3.88. The highest BCUT2D eigenvalue weighted by Gasteiger charge is 2.31. The lowest BCUT2D eigenvalue weighted by Crippen LogP contribution is -2.33. The standard InChI is InChI=1S/C13H18BrNO5S/c1-19-11-5-9(14)13(6-12(11)20-2)21(17,18)15-7-10(16)8-3-4-8/h5-6,8,10,15-16H,3-4,7H2,1-2H3. The Morgan fingerprint density at radius 2 is 1.90 bits per heavy atom. The molecule has 2 rings (SSSR count). The average molecular weight is 380 g/mol. The molecule has 2 N–H and O–H groups in total. The summed E-state index contributed by atoms with van der Waals surface area (Å²) in [6.07, 6.45) is 1.25. The third-order valence-electron chi connectivity index (χ3n) is 3.38. The van der Waals surface area contributed by atoms with Crippen LogP contribution in [0.25, 0.3) is 0 Å². The molecule has 1 fully saturated rings. The van der Waals surface area contributed by atoms with E-state index in [0.717, 1.165) is 12.8 Å². The molecule has 1 aromatic carbocycles. The monoisotopic (exact) mass is 379 g/mol. The average Bonchev–Trinajstić information content (AvgIpc) is 3.28. The molecule has 1 aromatic rings. The molecule has 6 nitrogen and oxygen atoms in total. The van der Waals surface area contributed by atoms with Crippen molar-refractivity contribution in [2.24, 2.45) is 5.92 Å². The second-order valence-electron chi connectivity index (χ2n) is 4.89. The molecule has 118 valence electrons. The van der Waals surface area contributed by atoms with Gasteiger partial charge in [-0.15, -0.1) is 0 Å². The van der Waals surface area contributed by atoms with Crippen LogP contribution in [0.2, 0.25) is 0 Å². The SMILES string of the molecule is COc1cc(Br)c(S(=O)(=O)NCC(O)C2CC2)cc1OC. The second-order valence-corrected chi connectivity index (χ2v) is 7.48. The molecule has 0 aromatic heterocycles. The van der Waals surface area contributed by atoms with Crippen molar-refractivity contribution in [2.75, 3.05) is 20.8 Å². The van der Waals surface area contributed by atoms with E-state index in [9.17, 15) is 13.5 Å². The van der Waals surface area contributed by atoms with Crippen LogP contribution in [-0.2, 0) is 10.0 Å². The summed E-state index contributed by atoms with van der Waals surface area (Å²) < 4.78 is 37.7. The Bertz CT molecular complexity index is 615. The maximum atomic E-state index is 12.3. The number of aliphatic hydroxyl groups is 1. The van der Waals surface area contributed by atoms with Gasteiger partial charge >= 0.3 is 0 Å². The first kappa shape index (κ1) is 16.5. The molecule has 1 aliphatic carbocycles. The number of hydrogen-bond donors (Lipinski definition) is 2. The molecule has 0 saturated heterocycles. The Labute approximate surface area is 132 Å². The summed E-state index contributed by atoms with van der Waals surface area (Å²) in [5.74, 6) is 0.965. The highest BCUT2D eigenvalue weighted by molar-refractivity contribution is 9.10. The minimum Gasteiger partial charge on any atom is -0.493 e. The Morgan fingerprint density at radius 1 is 1.33 bits per heavy atom. The quantitative estimate of drug-likeness (QED) is 0.749. The van der Waals surface area contributed by atoms with Gasteiger partial charge in [-0.1, -0.05) is 0 Å². The van der Waals surface area contributed by atoms with Gasteiger partial charge in [-0.2, -0.15) is 0 Å². The van der Waals surface area contributed by atoms with Gasteiger partial charge in [-0.3, -0.25) is 0 Å². The number of hydrogen-bond acceptors (Lipinski definition) is 5. The van der Waals surface area contributed by atoms with E-state index < -0.39 is 16.1 Å². The van der Waals surface area contributed by atoms with Crippen molar-refractivity contribution < 1.29 is 23.0 Å². The Hall–Kier alpha value is -0.830. The summed E-state index contributed by atoms with van der Waals surface area (Å²) in [7, 11) is -0.830. The number of sulfonamides is 1. The first-order chi connectivity index (χ1) is 9.89. The molecule has 0 amide bonds. The summed E-state index contributed by atoms with van der Waals surface area (Å²) in [6.45, 7) is 0.00772. The molecule has 1 aliphatic rings. The van der Waals surface area contributed by atoms with Crippen LogP contribution in [0.5, 0.6) is 11.5 Å². The second kappa shape index (κ2) is 6.51. The Kier molecular flexibility index (Phi) is 5.13. The van der Waals surface area contributed by atoms with Crippen molar-refractivity contribution in [3.63, 3.8) is 0 Å². The maximum absolute atomic E-state index is 12.3. The highest BCUT2D eigenvalue weighted by Crippen LogP contribution is 2.36. The first-order valence-electron chi connectivity index (χ1n) is 6.48. The van der Waals surface area contributed by atoms with Crippen LogP contribution in [0.3, 0.4) is 0 Å². The number of rotatable bonds is 7. The summed E-state index contributed by atoms with van der Waals surface area (Å²) in [4.78, 5) is 0.0446. The van der Waals surface area contributed by atoms with Gasteiger partial charge in [0.2, 0.25) is 10.0 Å². The van der Waals surface area contributed by atoms with Gasteiger partial charge in [0, 0.05) is 17.1 Å². The highest BCUT2D eigenvalue weighted by atomic mass is 79.9. The normalized spacial score (nSPS) is 16.6. The molecule has 1 saturated carbocycles. The lowest BCUT2D eigenvalue weighted by atomic mass is 10.2. The van der Waals surface area contributed by atoms with Crippen molar-refractivity contribution >= 4 is 26.0 Å². The van der Waals surface area contributed by atoms with E-state index in [1.807, 2.05) is 0 Å². The maximum Gasteiger partial charge on any atom is 0.241 e. The molecule has 8 heteroatoms. The van der Waals surface area contributed by atoms with Crippen LogP contribution < -0.4 is 14.2 Å². The van der Waals surface area contributed by atoms with E-state index in [1.54, 1.807) is 0 Å². The topological polar surface area (TPSA) is 84.9 Å². The van der Waals surface area contributed by atoms with Gasteiger partial charge in [0.1, 0.15) is 4.90 Å². The zero-order chi connectivity index (χ0) is 15.6. The van der Waals surface area contributed by atoms with Crippen molar-refractivity contribution in [3.05, 3.63) is 16.6 Å². The van der Waals surface area contributed by atoms with E-state index in [1.165, 1.54) is 26.4 Å². The van der Waals surface area contributed by atoms with Crippen LogP contribution >= 0.6 is 15.9 Å². The first-order valence-corrected chi connectivity index (χ1v) is 8.76. The van der Waals surface area contributed by atoms with Crippen molar-refractivity contribution in [3.8, 4) is 11.5 Å². The van der Waals surface area contributed by atoms with E-state index in [0.29, 0.717) is 16.0 Å². The molecule has 0 radical (unpaired) electrons. The van der Waals surface area contributed by atoms with Gasteiger partial charge in [0.25, 0.3) is 0 Å². The minimum absolute atomic E-state index is 0.00772. The summed E-state index contributed by atoms with van der Waals surface area (Å²) in [5.41, 5.74) is 0. The van der Waals surface area contributed by atoms with Crippen molar-refractivity contribution in [1.82, 2.24) is 4.72 Å². The van der Waals surface area contributed by atoms with Gasteiger partial charge in [0.05, 0.1) is 20.3 Å². The van der Waals surface area contributed by atoms with Crippen LogP contribution in [0, 0.1) is 5.92 Å². The van der Waals surface area contributed by atoms with Gasteiger partial charge in [-0.25, -0.2) is 13.1 Å². The largest absolute Gasteiger partial charge is 0.493 e. The fourth-order valence-corrected chi connectivity index (χ4v) is 4.05. The Morgan fingerprint density at radius 3 is 2.43 bits per heavy atom. The van der Waals surface area contributed by atoms with Crippen LogP contribution in [0.15, 0.2) is 21.5 Å².